The van der Waals surface area contributed by atoms with E-state index in [1.165, 1.54) is 4.90 Å². The zero-order valence-corrected chi connectivity index (χ0v) is 24.6. The number of carbonyl (C=O) groups is 3. The molecule has 1 aliphatic heterocycles. The van der Waals surface area contributed by atoms with Crippen LogP contribution in [0.1, 0.15) is 45.2 Å². The van der Waals surface area contributed by atoms with Crippen LogP contribution >= 0.6 is 0 Å². The van der Waals surface area contributed by atoms with Gasteiger partial charge in [-0.15, -0.1) is 0 Å². The molecule has 4 amide bonds. The quantitative estimate of drug-likeness (QED) is 0.397. The third-order valence-electron chi connectivity index (χ3n) is 6.78. The van der Waals surface area contributed by atoms with E-state index in [1.54, 1.807) is 17.9 Å². The number of nitrogens with zero attached hydrogens (tertiary/aromatic N) is 4. The molecule has 0 radical (unpaired) electrons. The third kappa shape index (κ3) is 7.91. The molecule has 3 aromatic rings. The Labute approximate surface area is 246 Å². The second-order valence-corrected chi connectivity index (χ2v) is 11.1. The van der Waals surface area contributed by atoms with Crippen LogP contribution in [0.3, 0.4) is 0 Å². The van der Waals surface area contributed by atoms with Crippen LogP contribution < -0.4 is 15.1 Å². The zero-order chi connectivity index (χ0) is 30.3. The summed E-state index contributed by atoms with van der Waals surface area (Å²) < 4.78 is 10.5. The third-order valence-corrected chi connectivity index (χ3v) is 6.78. The topological polar surface area (TPSA) is 115 Å². The molecule has 10 heteroatoms. The molecule has 1 heterocycles. The fourth-order valence-electron chi connectivity index (χ4n) is 4.78. The molecule has 220 valence electrons. The number of carbonyl (C=O) groups excluding carboxylic acids is 3. The predicted octanol–water partition coefficient (Wildman–Crippen LogP) is 6.03. The fourth-order valence-corrected chi connectivity index (χ4v) is 4.78. The SMILES string of the molecule is CCOC(=O)NC(=O)N(Cc1ccc2ccc(C#N)cc2c1)c1ccc(N2CCCN(C(=O)OC(C)(C)C)CC2)cc1. The van der Waals surface area contributed by atoms with E-state index in [1.807, 2.05) is 75.4 Å². The van der Waals surface area contributed by atoms with Crippen LogP contribution in [0.4, 0.5) is 25.8 Å². The first-order valence-corrected chi connectivity index (χ1v) is 14.1. The molecule has 0 unspecified atom stereocenters. The number of alkyl carbamates (subject to hydrolysis) is 1. The first-order chi connectivity index (χ1) is 20.1. The van der Waals surface area contributed by atoms with Gasteiger partial charge in [-0.1, -0.05) is 18.2 Å². The van der Waals surface area contributed by atoms with E-state index in [0.29, 0.717) is 30.9 Å². The van der Waals surface area contributed by atoms with Gasteiger partial charge in [-0.05, 0) is 92.9 Å². The van der Waals surface area contributed by atoms with Crippen LogP contribution in [-0.4, -0.2) is 61.5 Å². The highest BCUT2D eigenvalue weighted by Gasteiger charge is 2.25. The average molecular weight is 572 g/mol. The summed E-state index contributed by atoms with van der Waals surface area (Å²) in [5.41, 5.74) is 2.39. The summed E-state index contributed by atoms with van der Waals surface area (Å²) in [6.07, 6.45) is -0.328. The summed E-state index contributed by atoms with van der Waals surface area (Å²) in [4.78, 5) is 43.3. The summed E-state index contributed by atoms with van der Waals surface area (Å²) in [5.74, 6) is 0. The van der Waals surface area contributed by atoms with E-state index in [4.69, 9.17) is 9.47 Å². The molecule has 1 fully saturated rings. The Balaban J connectivity index is 1.53. The van der Waals surface area contributed by atoms with Crippen molar-refractivity contribution in [3.8, 4) is 6.07 Å². The van der Waals surface area contributed by atoms with Gasteiger partial charge in [-0.2, -0.15) is 5.26 Å². The van der Waals surface area contributed by atoms with Crippen molar-refractivity contribution in [2.24, 2.45) is 0 Å². The molecule has 42 heavy (non-hydrogen) atoms. The van der Waals surface area contributed by atoms with Crippen LogP contribution in [0.15, 0.2) is 60.7 Å². The Bertz CT molecular complexity index is 1480. The van der Waals surface area contributed by atoms with Crippen molar-refractivity contribution in [1.29, 1.82) is 5.26 Å². The predicted molar refractivity (Wildman–Crippen MR) is 161 cm³/mol. The van der Waals surface area contributed by atoms with Crippen molar-refractivity contribution in [1.82, 2.24) is 10.2 Å². The molecule has 0 aromatic heterocycles. The molecule has 1 aliphatic rings. The Hall–Kier alpha value is -4.78. The van der Waals surface area contributed by atoms with Crippen molar-refractivity contribution in [3.63, 3.8) is 0 Å². The summed E-state index contributed by atoms with van der Waals surface area (Å²) in [5, 5.41) is 13.4. The van der Waals surface area contributed by atoms with Gasteiger partial charge in [0.1, 0.15) is 5.60 Å². The lowest BCUT2D eigenvalue weighted by molar-refractivity contribution is 0.0263. The number of rotatable bonds is 5. The van der Waals surface area contributed by atoms with E-state index in [0.717, 1.165) is 35.0 Å². The molecule has 0 bridgehead atoms. The van der Waals surface area contributed by atoms with Crippen molar-refractivity contribution in [2.45, 2.75) is 46.3 Å². The van der Waals surface area contributed by atoms with Crippen LogP contribution in [0, 0.1) is 11.3 Å². The van der Waals surface area contributed by atoms with Crippen LogP contribution in [0.25, 0.3) is 10.8 Å². The minimum absolute atomic E-state index is 0.140. The second-order valence-electron chi connectivity index (χ2n) is 11.1. The lowest BCUT2D eigenvalue weighted by Gasteiger charge is -2.27. The minimum Gasteiger partial charge on any atom is -0.450 e. The highest BCUT2D eigenvalue weighted by molar-refractivity contribution is 6.00. The molecule has 1 saturated heterocycles. The highest BCUT2D eigenvalue weighted by atomic mass is 16.6. The summed E-state index contributed by atoms with van der Waals surface area (Å²) in [7, 11) is 0. The van der Waals surface area contributed by atoms with Crippen molar-refractivity contribution in [3.05, 3.63) is 71.8 Å². The molecule has 10 nitrogen and oxygen atoms in total. The Kier molecular flexibility index (Phi) is 9.53. The Morgan fingerprint density at radius 1 is 0.952 bits per heavy atom. The summed E-state index contributed by atoms with van der Waals surface area (Å²) in [6.45, 7) is 10.1. The number of amides is 4. The van der Waals surface area contributed by atoms with Gasteiger partial charge in [0.05, 0.1) is 24.8 Å². The molecule has 0 spiro atoms. The number of nitrogens with one attached hydrogen (secondary N) is 1. The largest absolute Gasteiger partial charge is 0.450 e. The van der Waals surface area contributed by atoms with Crippen molar-refractivity contribution < 1.29 is 23.9 Å². The van der Waals surface area contributed by atoms with E-state index in [-0.39, 0.29) is 19.2 Å². The summed E-state index contributed by atoms with van der Waals surface area (Å²) in [6, 6.07) is 20.3. The average Bonchev–Trinajstić information content (AvgIpc) is 3.21. The van der Waals surface area contributed by atoms with Gasteiger partial charge in [-0.3, -0.25) is 4.90 Å². The fraction of sp³-hybridized carbons (Fsp3) is 0.375. The van der Waals surface area contributed by atoms with Gasteiger partial charge in [0.25, 0.3) is 0 Å². The van der Waals surface area contributed by atoms with Gasteiger partial charge in [-0.25, -0.2) is 19.7 Å². The number of ether oxygens (including phenoxy) is 2. The second kappa shape index (κ2) is 13.3. The molecule has 3 aromatic carbocycles. The number of hydrogen-bond donors (Lipinski definition) is 1. The number of nitriles is 1. The molecule has 0 saturated carbocycles. The number of urea groups is 1. The Morgan fingerprint density at radius 3 is 2.38 bits per heavy atom. The van der Waals surface area contributed by atoms with Gasteiger partial charge < -0.3 is 19.3 Å². The smallest absolute Gasteiger partial charge is 0.415 e. The summed E-state index contributed by atoms with van der Waals surface area (Å²) >= 11 is 0. The Morgan fingerprint density at radius 2 is 1.69 bits per heavy atom. The normalized spacial score (nSPS) is 13.6. The molecular formula is C32H37N5O5. The minimum atomic E-state index is -0.819. The van der Waals surface area contributed by atoms with Gasteiger partial charge >= 0.3 is 18.2 Å². The van der Waals surface area contributed by atoms with Gasteiger partial charge in [0.15, 0.2) is 0 Å². The van der Waals surface area contributed by atoms with Gasteiger partial charge in [0.2, 0.25) is 0 Å². The zero-order valence-electron chi connectivity index (χ0n) is 24.6. The van der Waals surface area contributed by atoms with Crippen LogP contribution in [0.2, 0.25) is 0 Å². The van der Waals surface area contributed by atoms with Crippen molar-refractivity contribution >= 4 is 40.4 Å². The van der Waals surface area contributed by atoms with E-state index in [2.05, 4.69) is 16.3 Å². The van der Waals surface area contributed by atoms with Crippen LogP contribution in [0.5, 0.6) is 0 Å². The standard InChI is InChI=1S/C32H37N5O5/c1-5-41-30(39)34-29(38)37(22-24-8-10-25-9-7-23(21-33)19-26(25)20-24)28-13-11-27(12-14-28)35-15-6-16-36(18-17-35)31(40)42-32(2,3)4/h7-14,19-20H,5-6,15-18,22H2,1-4H3,(H,34,38,39). The highest BCUT2D eigenvalue weighted by Crippen LogP contribution is 2.26. The lowest BCUT2D eigenvalue weighted by atomic mass is 10.0. The molecule has 1 N–H and O–H groups in total. The molecule has 0 aliphatic carbocycles. The number of imide groups is 1. The van der Waals surface area contributed by atoms with Crippen molar-refractivity contribution in [2.75, 3.05) is 42.6 Å². The maximum Gasteiger partial charge on any atom is 0.415 e. The van der Waals surface area contributed by atoms with Gasteiger partial charge in [0, 0.05) is 37.6 Å². The lowest BCUT2D eigenvalue weighted by Crippen LogP contribution is -2.43. The first kappa shape index (κ1) is 30.2. The molecule has 0 atom stereocenters. The van der Waals surface area contributed by atoms with Crippen LogP contribution in [-0.2, 0) is 16.0 Å². The molecule has 4 rings (SSSR count). The number of fused-ring (bicyclic) bond motifs is 1. The maximum absolute atomic E-state index is 13.2. The molecular weight excluding hydrogens is 534 g/mol. The van der Waals surface area contributed by atoms with E-state index in [9.17, 15) is 19.6 Å². The van der Waals surface area contributed by atoms with E-state index >= 15 is 0 Å². The van der Waals surface area contributed by atoms with E-state index < -0.39 is 17.7 Å². The number of hydrogen-bond acceptors (Lipinski definition) is 7. The maximum atomic E-state index is 13.2. The number of benzene rings is 3. The monoisotopic (exact) mass is 571 g/mol. The first-order valence-electron chi connectivity index (χ1n) is 14.1. The number of anilines is 2.